The molecule has 5 heteroatoms. The molecule has 0 aliphatic heterocycles. The van der Waals surface area contributed by atoms with Gasteiger partial charge in [-0.25, -0.2) is 0 Å². The topological polar surface area (TPSA) is 46.2 Å². The Morgan fingerprint density at radius 3 is 1.92 bits per heavy atom. The monoisotopic (exact) mass is 359 g/mol. The fourth-order valence-electron chi connectivity index (χ4n) is 2.53. The zero-order chi connectivity index (χ0) is 18.3. The first-order chi connectivity index (χ1) is 11.3. The number of carbonyl (C=O) groups is 2. The van der Waals surface area contributed by atoms with Crippen molar-refractivity contribution in [3.63, 3.8) is 0 Å². The summed E-state index contributed by atoms with van der Waals surface area (Å²) in [5.74, 6) is 1.18. The molecule has 0 aromatic heterocycles. The quantitative estimate of drug-likeness (QED) is 0.355. The Bertz CT molecular complexity index is 341. The molecule has 0 spiro atoms. The molecule has 1 amide bonds. The predicted octanol–water partition coefficient (Wildman–Crippen LogP) is 3.99. The third-order valence-electron chi connectivity index (χ3n) is 3.93. The number of hydrogen-bond donors (Lipinski definition) is 1. The van der Waals surface area contributed by atoms with Gasteiger partial charge in [-0.1, -0.05) is 50.3 Å². The second kappa shape index (κ2) is 14.8. The molecule has 24 heavy (non-hydrogen) atoms. The Morgan fingerprint density at radius 2 is 1.38 bits per heavy atom. The molecule has 142 valence electrons. The van der Waals surface area contributed by atoms with Gasteiger partial charge in [-0.05, 0) is 12.8 Å². The number of nitrogens with zero attached hydrogens (tertiary/aromatic N) is 1. The second-order valence-corrected chi connectivity index (χ2v) is 8.91. The molecule has 0 bridgehead atoms. The molecule has 0 saturated carbocycles. The van der Waals surface area contributed by atoms with Crippen molar-refractivity contribution in [2.75, 3.05) is 40.0 Å². The lowest BCUT2D eigenvalue weighted by Crippen LogP contribution is -2.37. The molecule has 0 aromatic rings. The number of rotatable bonds is 15. The highest BCUT2D eigenvalue weighted by atomic mass is 32.2. The van der Waals surface area contributed by atoms with Crippen LogP contribution in [0.2, 0.25) is 0 Å². The summed E-state index contributed by atoms with van der Waals surface area (Å²) in [6, 6.07) is 0. The van der Waals surface area contributed by atoms with Gasteiger partial charge in [0, 0.05) is 32.1 Å². The highest BCUT2D eigenvalue weighted by Gasteiger charge is 2.06. The van der Waals surface area contributed by atoms with Gasteiger partial charge >= 0.3 is 0 Å². The van der Waals surface area contributed by atoms with Crippen LogP contribution in [0.15, 0.2) is 0 Å². The second-order valence-electron chi connectivity index (χ2n) is 7.64. The zero-order valence-corrected chi connectivity index (χ0v) is 17.2. The first-order valence-corrected chi connectivity index (χ1v) is 10.5. The lowest BCUT2D eigenvalue weighted by molar-refractivity contribution is -0.870. The van der Waals surface area contributed by atoms with E-state index in [1.54, 1.807) is 6.92 Å². The van der Waals surface area contributed by atoms with Crippen LogP contribution in [0.1, 0.15) is 71.1 Å². The van der Waals surface area contributed by atoms with E-state index in [9.17, 15) is 9.59 Å². The molecular weight excluding hydrogens is 320 g/mol. The summed E-state index contributed by atoms with van der Waals surface area (Å²) in [7, 11) is 6.52. The first-order valence-electron chi connectivity index (χ1n) is 9.52. The van der Waals surface area contributed by atoms with E-state index < -0.39 is 0 Å². The summed E-state index contributed by atoms with van der Waals surface area (Å²) < 4.78 is 0.950. The van der Waals surface area contributed by atoms with E-state index in [4.69, 9.17) is 0 Å². The lowest BCUT2D eigenvalue weighted by Gasteiger charge is -2.23. The fraction of sp³-hybridized carbons (Fsp3) is 0.895. The van der Waals surface area contributed by atoms with Crippen LogP contribution in [0.3, 0.4) is 0 Å². The summed E-state index contributed by atoms with van der Waals surface area (Å²) in [6.07, 6.45) is 11.3. The van der Waals surface area contributed by atoms with Crippen LogP contribution in [0, 0.1) is 0 Å². The molecular formula is C19H39N2O2S+. The van der Waals surface area contributed by atoms with Gasteiger partial charge in [0.15, 0.2) is 5.12 Å². The molecule has 0 rings (SSSR count). The average molecular weight is 360 g/mol. The molecule has 0 aliphatic carbocycles. The largest absolute Gasteiger partial charge is 0.356 e. The molecule has 0 unspecified atom stereocenters. The van der Waals surface area contributed by atoms with Crippen molar-refractivity contribution in [1.29, 1.82) is 0 Å². The van der Waals surface area contributed by atoms with Crippen LogP contribution < -0.4 is 5.32 Å². The van der Waals surface area contributed by atoms with Crippen molar-refractivity contribution in [2.45, 2.75) is 71.1 Å². The minimum Gasteiger partial charge on any atom is -0.356 e. The van der Waals surface area contributed by atoms with E-state index in [1.807, 2.05) is 0 Å². The van der Waals surface area contributed by atoms with Crippen LogP contribution in [0.25, 0.3) is 0 Å². The van der Waals surface area contributed by atoms with Gasteiger partial charge in [0.2, 0.25) is 5.91 Å². The third-order valence-corrected chi connectivity index (χ3v) is 4.83. The highest BCUT2D eigenvalue weighted by molar-refractivity contribution is 8.13. The molecule has 0 fully saturated rings. The Kier molecular flexibility index (Phi) is 14.4. The highest BCUT2D eigenvalue weighted by Crippen LogP contribution is 2.12. The minimum absolute atomic E-state index is 0.208. The number of amides is 1. The van der Waals surface area contributed by atoms with Gasteiger partial charge < -0.3 is 9.80 Å². The third kappa shape index (κ3) is 19.5. The van der Waals surface area contributed by atoms with Crippen molar-refractivity contribution < 1.29 is 14.1 Å². The average Bonchev–Trinajstić information content (AvgIpc) is 2.48. The van der Waals surface area contributed by atoms with Crippen molar-refractivity contribution >= 4 is 22.8 Å². The number of quaternary nitrogens is 1. The summed E-state index contributed by atoms with van der Waals surface area (Å²) >= 11 is 1.44. The summed E-state index contributed by atoms with van der Waals surface area (Å²) in [6.45, 7) is 3.53. The maximum absolute atomic E-state index is 11.7. The Balaban J connectivity index is 3.23. The van der Waals surface area contributed by atoms with E-state index in [0.29, 0.717) is 6.42 Å². The van der Waals surface area contributed by atoms with Crippen molar-refractivity contribution in [1.82, 2.24) is 5.32 Å². The molecule has 0 aliphatic rings. The van der Waals surface area contributed by atoms with Gasteiger partial charge in [0.05, 0.1) is 27.7 Å². The van der Waals surface area contributed by atoms with Crippen molar-refractivity contribution in [3.8, 4) is 0 Å². The number of hydrogen-bond acceptors (Lipinski definition) is 3. The van der Waals surface area contributed by atoms with E-state index in [2.05, 4.69) is 26.5 Å². The van der Waals surface area contributed by atoms with Gasteiger partial charge in [-0.15, -0.1) is 0 Å². The number of nitrogens with one attached hydrogen (secondary N) is 1. The smallest absolute Gasteiger partial charge is 0.219 e. The molecule has 0 atom stereocenters. The Morgan fingerprint density at radius 1 is 0.833 bits per heavy atom. The van der Waals surface area contributed by atoms with E-state index in [0.717, 1.165) is 49.0 Å². The van der Waals surface area contributed by atoms with Gasteiger partial charge in [0.25, 0.3) is 0 Å². The molecule has 0 heterocycles. The Hall–Kier alpha value is -0.550. The van der Waals surface area contributed by atoms with E-state index in [1.165, 1.54) is 43.9 Å². The number of carbonyl (C=O) groups excluding carboxylic acids is 2. The van der Waals surface area contributed by atoms with Gasteiger partial charge in [-0.2, -0.15) is 0 Å². The molecule has 4 nitrogen and oxygen atoms in total. The molecule has 0 aromatic carbocycles. The normalized spacial score (nSPS) is 11.5. The van der Waals surface area contributed by atoms with Gasteiger partial charge in [0.1, 0.15) is 0 Å². The summed E-state index contributed by atoms with van der Waals surface area (Å²) in [4.78, 5) is 22.5. The summed E-state index contributed by atoms with van der Waals surface area (Å²) in [5, 5.41) is 3.25. The molecule has 0 radical (unpaired) electrons. The van der Waals surface area contributed by atoms with Crippen LogP contribution in [-0.4, -0.2) is 55.5 Å². The summed E-state index contributed by atoms with van der Waals surface area (Å²) in [5.41, 5.74) is 0. The maximum Gasteiger partial charge on any atom is 0.219 e. The van der Waals surface area contributed by atoms with Crippen LogP contribution in [0.4, 0.5) is 0 Å². The number of unbranched alkanes of at least 4 members (excludes halogenated alkanes) is 7. The SMILES string of the molecule is CC(=O)SCCCCCCCCCCC(=O)NCCC[N+](C)(C)C. The molecule has 0 saturated heterocycles. The van der Waals surface area contributed by atoms with E-state index in [-0.39, 0.29) is 11.0 Å². The van der Waals surface area contributed by atoms with Crippen LogP contribution >= 0.6 is 11.8 Å². The van der Waals surface area contributed by atoms with Crippen molar-refractivity contribution in [2.24, 2.45) is 0 Å². The maximum atomic E-state index is 11.7. The van der Waals surface area contributed by atoms with Crippen LogP contribution in [-0.2, 0) is 9.59 Å². The zero-order valence-electron chi connectivity index (χ0n) is 16.4. The van der Waals surface area contributed by atoms with Crippen molar-refractivity contribution in [3.05, 3.63) is 0 Å². The predicted molar refractivity (Wildman–Crippen MR) is 105 cm³/mol. The fourth-order valence-corrected chi connectivity index (χ4v) is 3.17. The lowest BCUT2D eigenvalue weighted by atomic mass is 10.1. The first kappa shape index (κ1) is 23.4. The molecule has 1 N–H and O–H groups in total. The Labute approximate surface area is 153 Å². The standard InChI is InChI=1S/C19H38N2O2S/c1-18(22)24-17-12-10-8-6-5-7-9-11-14-19(23)20-15-13-16-21(2,3)4/h5-17H2,1-4H3/p+1. The number of thioether (sulfide) groups is 1. The van der Waals surface area contributed by atoms with Crippen LogP contribution in [0.5, 0.6) is 0 Å². The minimum atomic E-state index is 0.208. The van der Waals surface area contributed by atoms with E-state index >= 15 is 0 Å². The van der Waals surface area contributed by atoms with Gasteiger partial charge in [-0.3, -0.25) is 9.59 Å².